The second-order valence-corrected chi connectivity index (χ2v) is 6.13. The molecule has 1 aromatic rings. The van der Waals surface area contributed by atoms with Crippen LogP contribution in [0.4, 0.5) is 0 Å². The fourth-order valence-electron chi connectivity index (χ4n) is 1.55. The molecule has 0 aliphatic heterocycles. The van der Waals surface area contributed by atoms with E-state index in [1.165, 1.54) is 5.56 Å². The maximum Gasteiger partial charge on any atom is 0.191 e. The monoisotopic (exact) mass is 297 g/mol. The summed E-state index contributed by atoms with van der Waals surface area (Å²) >= 11 is 3.61. The average molecular weight is 297 g/mol. The fraction of sp³-hybridized carbons (Fsp3) is 0.500. The van der Waals surface area contributed by atoms with Crippen LogP contribution in [0.5, 0.6) is 0 Å². The average Bonchev–Trinajstić information content (AvgIpc) is 2.95. The third kappa shape index (κ3) is 6.68. The molecule has 2 N–H and O–H groups in total. The van der Waals surface area contributed by atoms with Gasteiger partial charge in [-0.3, -0.25) is 4.99 Å². The molecule has 0 aromatic carbocycles. The molecule has 1 heterocycles. The van der Waals surface area contributed by atoms with Gasteiger partial charge in [0.05, 0.1) is 0 Å². The molecule has 0 aliphatic rings. The lowest BCUT2D eigenvalue weighted by atomic mass is 10.1. The summed E-state index contributed by atoms with van der Waals surface area (Å²) in [7, 11) is 1.81. The molecule has 0 amide bonds. The largest absolute Gasteiger partial charge is 0.356 e. The minimum Gasteiger partial charge on any atom is -0.356 e. The third-order valence-corrected chi connectivity index (χ3v) is 4.35. The van der Waals surface area contributed by atoms with Crippen LogP contribution in [0.2, 0.25) is 0 Å². The Bertz CT molecular complexity index is 374. The molecule has 1 rings (SSSR count). The Labute approximate surface area is 124 Å². The molecule has 1 atom stereocenters. The van der Waals surface area contributed by atoms with Crippen LogP contribution in [0.15, 0.2) is 34.5 Å². The first-order valence-corrected chi connectivity index (χ1v) is 8.53. The molecular formula is C14H23N3S2. The molecule has 0 bridgehead atoms. The lowest BCUT2D eigenvalue weighted by molar-refractivity contribution is 0.705. The van der Waals surface area contributed by atoms with Crippen molar-refractivity contribution in [2.75, 3.05) is 31.6 Å². The SMILES string of the molecule is C=CCSCCNC(=NC)NCC(C)c1ccsc1. The predicted molar refractivity (Wildman–Crippen MR) is 89.6 cm³/mol. The van der Waals surface area contributed by atoms with Gasteiger partial charge in [-0.15, -0.1) is 6.58 Å². The van der Waals surface area contributed by atoms with Crippen molar-refractivity contribution in [2.24, 2.45) is 4.99 Å². The highest BCUT2D eigenvalue weighted by molar-refractivity contribution is 7.99. The Morgan fingerprint density at radius 1 is 1.58 bits per heavy atom. The van der Waals surface area contributed by atoms with Gasteiger partial charge in [0.25, 0.3) is 0 Å². The van der Waals surface area contributed by atoms with Crippen LogP contribution < -0.4 is 10.6 Å². The van der Waals surface area contributed by atoms with E-state index in [0.717, 1.165) is 30.6 Å². The normalized spacial score (nSPS) is 13.1. The molecule has 19 heavy (non-hydrogen) atoms. The van der Waals surface area contributed by atoms with Gasteiger partial charge in [-0.25, -0.2) is 0 Å². The second-order valence-electron chi connectivity index (χ2n) is 4.20. The number of rotatable bonds is 8. The maximum atomic E-state index is 4.23. The van der Waals surface area contributed by atoms with Crippen molar-refractivity contribution in [3.63, 3.8) is 0 Å². The van der Waals surface area contributed by atoms with E-state index < -0.39 is 0 Å². The molecule has 0 spiro atoms. The molecule has 1 unspecified atom stereocenters. The standard InChI is InChI=1S/C14H23N3S2/c1-4-7-18-9-6-16-14(15-3)17-10-12(2)13-5-8-19-11-13/h4-5,8,11-12H,1,6-7,9-10H2,2-3H3,(H2,15,16,17). The van der Waals surface area contributed by atoms with Gasteiger partial charge in [-0.05, 0) is 28.3 Å². The highest BCUT2D eigenvalue weighted by Gasteiger charge is 2.06. The van der Waals surface area contributed by atoms with E-state index in [0.29, 0.717) is 5.92 Å². The summed E-state index contributed by atoms with van der Waals surface area (Å²) in [6.07, 6.45) is 1.93. The van der Waals surface area contributed by atoms with Crippen molar-refractivity contribution < 1.29 is 0 Å². The Balaban J connectivity index is 2.20. The lowest BCUT2D eigenvalue weighted by Gasteiger charge is -2.15. The summed E-state index contributed by atoms with van der Waals surface area (Å²) in [5.41, 5.74) is 1.38. The van der Waals surface area contributed by atoms with E-state index in [-0.39, 0.29) is 0 Å². The van der Waals surface area contributed by atoms with Gasteiger partial charge >= 0.3 is 0 Å². The molecule has 0 radical (unpaired) electrons. The van der Waals surface area contributed by atoms with Crippen LogP contribution in [0, 0.1) is 0 Å². The van der Waals surface area contributed by atoms with Crippen molar-refractivity contribution in [1.29, 1.82) is 0 Å². The maximum absolute atomic E-state index is 4.23. The summed E-state index contributed by atoms with van der Waals surface area (Å²) in [5, 5.41) is 11.0. The molecule has 0 saturated carbocycles. The molecule has 0 saturated heterocycles. The number of thiophene rings is 1. The van der Waals surface area contributed by atoms with Crippen LogP contribution in [0.25, 0.3) is 0 Å². The van der Waals surface area contributed by atoms with E-state index in [1.54, 1.807) is 11.3 Å². The number of aliphatic imine (C=N–C) groups is 1. The van der Waals surface area contributed by atoms with Crippen LogP contribution in [0.3, 0.4) is 0 Å². The van der Waals surface area contributed by atoms with Gasteiger partial charge in [-0.1, -0.05) is 13.0 Å². The molecule has 106 valence electrons. The van der Waals surface area contributed by atoms with E-state index in [1.807, 2.05) is 24.9 Å². The highest BCUT2D eigenvalue weighted by Crippen LogP contribution is 2.16. The number of guanidine groups is 1. The Hall–Kier alpha value is -0.940. The summed E-state index contributed by atoms with van der Waals surface area (Å²) in [5.74, 6) is 3.44. The van der Waals surface area contributed by atoms with Gasteiger partial charge in [0, 0.05) is 31.6 Å². The van der Waals surface area contributed by atoms with Crippen molar-refractivity contribution >= 4 is 29.1 Å². The van der Waals surface area contributed by atoms with E-state index in [4.69, 9.17) is 0 Å². The smallest absolute Gasteiger partial charge is 0.191 e. The molecule has 1 aromatic heterocycles. The number of nitrogens with one attached hydrogen (secondary N) is 2. The van der Waals surface area contributed by atoms with Gasteiger partial charge in [0.1, 0.15) is 0 Å². The molecular weight excluding hydrogens is 274 g/mol. The van der Waals surface area contributed by atoms with Crippen LogP contribution in [0.1, 0.15) is 18.4 Å². The van der Waals surface area contributed by atoms with Gasteiger partial charge in [-0.2, -0.15) is 23.1 Å². The first-order valence-electron chi connectivity index (χ1n) is 6.43. The summed E-state index contributed by atoms with van der Waals surface area (Å²) in [4.78, 5) is 4.23. The zero-order valence-electron chi connectivity index (χ0n) is 11.7. The minimum absolute atomic E-state index is 0.500. The fourth-order valence-corrected chi connectivity index (χ4v) is 2.91. The summed E-state index contributed by atoms with van der Waals surface area (Å²) in [6.45, 7) is 7.75. The third-order valence-electron chi connectivity index (χ3n) is 2.69. The number of hydrogen-bond acceptors (Lipinski definition) is 3. The quantitative estimate of drug-likeness (QED) is 0.335. The number of hydrogen-bond donors (Lipinski definition) is 2. The first kappa shape index (κ1) is 16.1. The van der Waals surface area contributed by atoms with Crippen molar-refractivity contribution in [3.05, 3.63) is 35.0 Å². The molecule has 0 fully saturated rings. The lowest BCUT2D eigenvalue weighted by Crippen LogP contribution is -2.40. The zero-order chi connectivity index (χ0) is 13.9. The second kappa shape index (κ2) is 9.92. The Morgan fingerprint density at radius 3 is 3.05 bits per heavy atom. The van der Waals surface area contributed by atoms with Crippen molar-refractivity contribution in [3.8, 4) is 0 Å². The number of nitrogens with zero attached hydrogens (tertiary/aromatic N) is 1. The number of thioether (sulfide) groups is 1. The van der Waals surface area contributed by atoms with E-state index in [2.05, 4.69) is 46.0 Å². The zero-order valence-corrected chi connectivity index (χ0v) is 13.3. The molecule has 0 aliphatic carbocycles. The molecule has 3 nitrogen and oxygen atoms in total. The summed E-state index contributed by atoms with van der Waals surface area (Å²) in [6, 6.07) is 2.18. The highest BCUT2D eigenvalue weighted by atomic mass is 32.2. The van der Waals surface area contributed by atoms with Crippen molar-refractivity contribution in [2.45, 2.75) is 12.8 Å². The predicted octanol–water partition coefficient (Wildman–Crippen LogP) is 2.94. The van der Waals surface area contributed by atoms with Crippen molar-refractivity contribution in [1.82, 2.24) is 10.6 Å². The Morgan fingerprint density at radius 2 is 2.42 bits per heavy atom. The van der Waals surface area contributed by atoms with E-state index in [9.17, 15) is 0 Å². The minimum atomic E-state index is 0.500. The molecule has 5 heteroatoms. The topological polar surface area (TPSA) is 36.4 Å². The van der Waals surface area contributed by atoms with E-state index >= 15 is 0 Å². The van der Waals surface area contributed by atoms with Gasteiger partial charge in [0.15, 0.2) is 5.96 Å². The van der Waals surface area contributed by atoms with Gasteiger partial charge < -0.3 is 10.6 Å². The summed E-state index contributed by atoms with van der Waals surface area (Å²) < 4.78 is 0. The Kier molecular flexibility index (Phi) is 8.41. The van der Waals surface area contributed by atoms with Crippen LogP contribution >= 0.6 is 23.1 Å². The van der Waals surface area contributed by atoms with Crippen LogP contribution in [-0.4, -0.2) is 37.6 Å². The van der Waals surface area contributed by atoms with Gasteiger partial charge in [0.2, 0.25) is 0 Å². The van der Waals surface area contributed by atoms with Crippen LogP contribution in [-0.2, 0) is 0 Å². The first-order chi connectivity index (χ1) is 9.27.